The first-order valence-corrected chi connectivity index (χ1v) is 8.97. The fourth-order valence-electron chi connectivity index (χ4n) is 4.32. The van der Waals surface area contributed by atoms with Crippen molar-refractivity contribution in [3.05, 3.63) is 35.4 Å². The lowest BCUT2D eigenvalue weighted by atomic mass is 10.0. The van der Waals surface area contributed by atoms with Gasteiger partial charge in [0.05, 0.1) is 0 Å². The van der Waals surface area contributed by atoms with Gasteiger partial charge in [0.2, 0.25) is 0 Å². The highest BCUT2D eigenvalue weighted by atomic mass is 16.1. The monoisotopic (exact) mass is 298 g/mol. The molecule has 1 aliphatic heterocycles. The van der Waals surface area contributed by atoms with Crippen molar-refractivity contribution in [1.29, 1.82) is 0 Å². The highest BCUT2D eigenvalue weighted by Gasteiger charge is 2.35. The SMILES string of the molecule is O=C(NC1CCCC1N1CCCC1)c1ccccc1C1CC1. The number of amides is 1. The van der Waals surface area contributed by atoms with Gasteiger partial charge in [-0.05, 0) is 75.6 Å². The molecule has 0 aromatic heterocycles. The minimum atomic E-state index is 0.151. The van der Waals surface area contributed by atoms with Crippen LogP contribution in [0.25, 0.3) is 0 Å². The average Bonchev–Trinajstić information content (AvgIpc) is 3.05. The van der Waals surface area contributed by atoms with Crippen LogP contribution in [0.2, 0.25) is 0 Å². The number of hydrogen-bond acceptors (Lipinski definition) is 2. The molecule has 1 heterocycles. The average molecular weight is 298 g/mol. The summed E-state index contributed by atoms with van der Waals surface area (Å²) in [4.78, 5) is 15.4. The molecule has 1 aromatic rings. The van der Waals surface area contributed by atoms with Crippen molar-refractivity contribution in [2.75, 3.05) is 13.1 Å². The van der Waals surface area contributed by atoms with Gasteiger partial charge in [0, 0.05) is 17.6 Å². The highest BCUT2D eigenvalue weighted by molar-refractivity contribution is 5.96. The Morgan fingerprint density at radius 2 is 1.77 bits per heavy atom. The number of likely N-dealkylation sites (tertiary alicyclic amines) is 1. The molecule has 1 amide bonds. The summed E-state index contributed by atoms with van der Waals surface area (Å²) in [5.74, 6) is 0.776. The second-order valence-electron chi connectivity index (χ2n) is 7.18. The summed E-state index contributed by atoms with van der Waals surface area (Å²) in [6.07, 6.45) is 8.75. The number of carbonyl (C=O) groups is 1. The third-order valence-electron chi connectivity index (χ3n) is 5.63. The normalized spacial score (nSPS) is 28.9. The lowest BCUT2D eigenvalue weighted by molar-refractivity contribution is 0.0911. The maximum Gasteiger partial charge on any atom is 0.251 e. The summed E-state index contributed by atoms with van der Waals surface area (Å²) in [5.41, 5.74) is 2.17. The smallest absolute Gasteiger partial charge is 0.251 e. The fraction of sp³-hybridized carbons (Fsp3) is 0.632. The molecule has 22 heavy (non-hydrogen) atoms. The molecule has 1 aromatic carbocycles. The van der Waals surface area contributed by atoms with Crippen molar-refractivity contribution in [1.82, 2.24) is 10.2 Å². The Hall–Kier alpha value is -1.35. The van der Waals surface area contributed by atoms with E-state index in [4.69, 9.17) is 0 Å². The van der Waals surface area contributed by atoms with Crippen LogP contribution in [0.1, 0.15) is 66.8 Å². The predicted octanol–water partition coefficient (Wildman–Crippen LogP) is 3.31. The molecule has 1 saturated heterocycles. The van der Waals surface area contributed by atoms with Crippen LogP contribution in [0.5, 0.6) is 0 Å². The molecule has 1 N–H and O–H groups in total. The van der Waals surface area contributed by atoms with Gasteiger partial charge in [-0.1, -0.05) is 18.2 Å². The second kappa shape index (κ2) is 6.04. The van der Waals surface area contributed by atoms with Gasteiger partial charge in [-0.3, -0.25) is 9.69 Å². The molecule has 0 radical (unpaired) electrons. The van der Waals surface area contributed by atoms with E-state index in [9.17, 15) is 4.79 Å². The Kier molecular flexibility index (Phi) is 3.91. The van der Waals surface area contributed by atoms with E-state index >= 15 is 0 Å². The van der Waals surface area contributed by atoms with Crippen LogP contribution in [-0.4, -0.2) is 36.0 Å². The van der Waals surface area contributed by atoms with Gasteiger partial charge < -0.3 is 5.32 Å². The summed E-state index contributed by atoms with van der Waals surface area (Å²) in [7, 11) is 0. The van der Waals surface area contributed by atoms with E-state index in [1.165, 1.54) is 57.2 Å². The van der Waals surface area contributed by atoms with E-state index in [0.717, 1.165) is 12.0 Å². The minimum absolute atomic E-state index is 0.151. The van der Waals surface area contributed by atoms with E-state index in [0.29, 0.717) is 18.0 Å². The van der Waals surface area contributed by atoms with Gasteiger partial charge in [0.25, 0.3) is 5.91 Å². The summed E-state index contributed by atoms with van der Waals surface area (Å²) < 4.78 is 0. The largest absolute Gasteiger partial charge is 0.348 e. The molecule has 4 rings (SSSR count). The van der Waals surface area contributed by atoms with Gasteiger partial charge in [-0.25, -0.2) is 0 Å². The number of rotatable bonds is 4. The lowest BCUT2D eigenvalue weighted by Gasteiger charge is -2.29. The van der Waals surface area contributed by atoms with Crippen molar-refractivity contribution in [3.63, 3.8) is 0 Å². The number of carbonyl (C=O) groups excluding carboxylic acids is 1. The topological polar surface area (TPSA) is 32.3 Å². The van der Waals surface area contributed by atoms with Crippen molar-refractivity contribution in [2.24, 2.45) is 0 Å². The van der Waals surface area contributed by atoms with Crippen molar-refractivity contribution in [3.8, 4) is 0 Å². The zero-order chi connectivity index (χ0) is 14.9. The van der Waals surface area contributed by atoms with Crippen LogP contribution >= 0.6 is 0 Å². The Morgan fingerprint density at radius 1 is 1.00 bits per heavy atom. The zero-order valence-electron chi connectivity index (χ0n) is 13.3. The van der Waals surface area contributed by atoms with Crippen molar-refractivity contribution in [2.45, 2.75) is 62.9 Å². The lowest BCUT2D eigenvalue weighted by Crippen LogP contribution is -2.47. The molecule has 3 heteroatoms. The quantitative estimate of drug-likeness (QED) is 0.925. The van der Waals surface area contributed by atoms with Gasteiger partial charge >= 0.3 is 0 Å². The van der Waals surface area contributed by atoms with Gasteiger partial charge in [0.1, 0.15) is 0 Å². The van der Waals surface area contributed by atoms with Crippen molar-refractivity contribution < 1.29 is 4.79 Å². The van der Waals surface area contributed by atoms with E-state index in [1.54, 1.807) is 0 Å². The first-order valence-electron chi connectivity index (χ1n) is 8.97. The standard InChI is InChI=1S/C19H26N2O/c22-19(16-7-2-1-6-15(16)14-10-11-14)20-17-8-5-9-18(17)21-12-3-4-13-21/h1-2,6-7,14,17-18H,3-5,8-13H2,(H,20,22). The highest BCUT2D eigenvalue weighted by Crippen LogP contribution is 2.41. The number of benzene rings is 1. The van der Waals surface area contributed by atoms with Gasteiger partial charge in [-0.15, -0.1) is 0 Å². The van der Waals surface area contributed by atoms with Gasteiger partial charge in [-0.2, -0.15) is 0 Å². The number of hydrogen-bond donors (Lipinski definition) is 1. The summed E-state index contributed by atoms with van der Waals surface area (Å²) in [6, 6.07) is 9.11. The zero-order valence-corrected chi connectivity index (χ0v) is 13.3. The van der Waals surface area contributed by atoms with Gasteiger partial charge in [0.15, 0.2) is 0 Å². The molecule has 2 saturated carbocycles. The summed E-state index contributed by atoms with van der Waals surface area (Å²) in [5, 5.41) is 3.36. The molecule has 3 nitrogen and oxygen atoms in total. The molecule has 118 valence electrons. The molecule has 2 unspecified atom stereocenters. The maximum atomic E-state index is 12.8. The molecule has 0 spiro atoms. The summed E-state index contributed by atoms with van der Waals surface area (Å²) in [6.45, 7) is 2.44. The Balaban J connectivity index is 1.47. The maximum absolute atomic E-state index is 12.8. The van der Waals surface area contributed by atoms with E-state index in [2.05, 4.69) is 22.3 Å². The van der Waals surface area contributed by atoms with Crippen LogP contribution in [0.4, 0.5) is 0 Å². The minimum Gasteiger partial charge on any atom is -0.348 e. The summed E-state index contributed by atoms with van der Waals surface area (Å²) >= 11 is 0. The third kappa shape index (κ3) is 2.79. The van der Waals surface area contributed by atoms with Crippen LogP contribution < -0.4 is 5.32 Å². The Labute approximate surface area is 133 Å². The van der Waals surface area contributed by atoms with E-state index < -0.39 is 0 Å². The molecule has 3 aliphatic rings. The van der Waals surface area contributed by atoms with Crippen LogP contribution in [-0.2, 0) is 0 Å². The van der Waals surface area contributed by atoms with Crippen LogP contribution in [0.3, 0.4) is 0 Å². The first-order chi connectivity index (χ1) is 10.8. The second-order valence-corrected chi connectivity index (χ2v) is 7.18. The molecule has 0 bridgehead atoms. The third-order valence-corrected chi connectivity index (χ3v) is 5.63. The number of nitrogens with one attached hydrogen (secondary N) is 1. The molecular weight excluding hydrogens is 272 g/mol. The van der Waals surface area contributed by atoms with Crippen LogP contribution in [0.15, 0.2) is 24.3 Å². The molecule has 2 aliphatic carbocycles. The van der Waals surface area contributed by atoms with E-state index in [1.807, 2.05) is 12.1 Å². The Bertz CT molecular complexity index is 546. The van der Waals surface area contributed by atoms with Crippen LogP contribution in [0, 0.1) is 0 Å². The molecular formula is C19H26N2O. The molecule has 3 fully saturated rings. The number of nitrogens with zero attached hydrogens (tertiary/aromatic N) is 1. The predicted molar refractivity (Wildman–Crippen MR) is 88.1 cm³/mol. The molecule has 2 atom stereocenters. The first kappa shape index (κ1) is 14.3. The van der Waals surface area contributed by atoms with E-state index in [-0.39, 0.29) is 5.91 Å². The Morgan fingerprint density at radius 3 is 2.55 bits per heavy atom. The van der Waals surface area contributed by atoms with Crippen molar-refractivity contribution >= 4 is 5.91 Å². The fourth-order valence-corrected chi connectivity index (χ4v) is 4.32.